The fraction of sp³-hybridized carbons (Fsp3) is 0.615. The van der Waals surface area contributed by atoms with E-state index in [4.69, 9.17) is 5.73 Å². The molecule has 1 fully saturated rings. The monoisotopic (exact) mass is 323 g/mol. The highest BCUT2D eigenvalue weighted by Crippen LogP contribution is 2.35. The maximum atomic E-state index is 11.3. The molecule has 1 aliphatic heterocycles. The lowest BCUT2D eigenvalue weighted by Gasteiger charge is -2.35. The van der Waals surface area contributed by atoms with Crippen LogP contribution in [0.4, 0.5) is 23.3 Å². The summed E-state index contributed by atoms with van der Waals surface area (Å²) in [5, 5.41) is 24.3. The van der Waals surface area contributed by atoms with E-state index in [0.717, 1.165) is 6.42 Å². The number of carbonyl (C=O) groups excluding carboxylic acids is 1. The molecule has 0 radical (unpaired) electrons. The number of nitrogens with zero attached hydrogens (tertiary/aromatic N) is 4. The van der Waals surface area contributed by atoms with Crippen LogP contribution in [0.5, 0.6) is 0 Å². The van der Waals surface area contributed by atoms with Crippen molar-refractivity contribution < 1.29 is 14.8 Å². The number of carbonyl (C=O) groups is 1. The molecule has 0 unspecified atom stereocenters. The van der Waals surface area contributed by atoms with Crippen molar-refractivity contribution in [1.29, 1.82) is 0 Å². The number of anilines is 3. The van der Waals surface area contributed by atoms with Crippen LogP contribution in [0.1, 0.15) is 20.3 Å². The van der Waals surface area contributed by atoms with Crippen LogP contribution in [0.2, 0.25) is 0 Å². The van der Waals surface area contributed by atoms with Crippen LogP contribution >= 0.6 is 0 Å². The molecule has 23 heavy (non-hydrogen) atoms. The quantitative estimate of drug-likeness (QED) is 0.545. The van der Waals surface area contributed by atoms with Crippen LogP contribution in [-0.2, 0) is 4.79 Å². The van der Waals surface area contributed by atoms with Crippen molar-refractivity contribution in [2.45, 2.75) is 20.3 Å². The van der Waals surface area contributed by atoms with Crippen LogP contribution in [0, 0.1) is 22.0 Å². The number of carboxylic acid groups (broad SMARTS) is 1. The zero-order valence-electron chi connectivity index (χ0n) is 13.0. The highest BCUT2D eigenvalue weighted by molar-refractivity contribution is 5.73. The number of nitrogen functional groups attached to an aromatic ring is 1. The smallest absolute Gasteiger partial charge is 0.353 e. The van der Waals surface area contributed by atoms with Crippen LogP contribution in [0.3, 0.4) is 0 Å². The van der Waals surface area contributed by atoms with Crippen LogP contribution in [-0.4, -0.2) is 40.5 Å². The summed E-state index contributed by atoms with van der Waals surface area (Å²) in [4.78, 5) is 30.9. The highest BCUT2D eigenvalue weighted by Gasteiger charge is 2.31. The van der Waals surface area contributed by atoms with Crippen LogP contribution in [0.25, 0.3) is 0 Å². The Labute approximate surface area is 132 Å². The molecule has 1 aromatic rings. The normalized spacial score (nSPS) is 21.0. The number of hydrogen-bond donors (Lipinski definition) is 2. The Morgan fingerprint density at radius 3 is 2.52 bits per heavy atom. The van der Waals surface area contributed by atoms with Gasteiger partial charge in [0.25, 0.3) is 0 Å². The van der Waals surface area contributed by atoms with E-state index in [0.29, 0.717) is 24.9 Å². The molecule has 1 saturated heterocycles. The van der Waals surface area contributed by atoms with Crippen molar-refractivity contribution in [2.75, 3.05) is 35.6 Å². The largest absolute Gasteiger partial charge is 0.548 e. The van der Waals surface area contributed by atoms with E-state index in [1.165, 1.54) is 0 Å². The van der Waals surface area contributed by atoms with E-state index >= 15 is 0 Å². The van der Waals surface area contributed by atoms with Crippen molar-refractivity contribution >= 4 is 29.2 Å². The summed E-state index contributed by atoms with van der Waals surface area (Å²) in [6.07, 6.45) is 1.03. The number of nitro groups is 1. The summed E-state index contributed by atoms with van der Waals surface area (Å²) in [5.41, 5.74) is 5.33. The predicted octanol–water partition coefficient (Wildman–Crippen LogP) is -0.389. The summed E-state index contributed by atoms with van der Waals surface area (Å²) in [6.45, 7) is 4.84. The van der Waals surface area contributed by atoms with Crippen molar-refractivity contribution in [3.63, 3.8) is 0 Å². The van der Waals surface area contributed by atoms with E-state index in [1.807, 2.05) is 0 Å². The second-order valence-corrected chi connectivity index (χ2v) is 5.94. The fourth-order valence-corrected chi connectivity index (χ4v) is 2.92. The average Bonchev–Trinajstić information content (AvgIpc) is 2.42. The Morgan fingerprint density at radius 1 is 1.39 bits per heavy atom. The zero-order chi connectivity index (χ0) is 17.1. The Bertz CT molecular complexity index is 613. The Morgan fingerprint density at radius 2 is 2.00 bits per heavy atom. The van der Waals surface area contributed by atoms with Gasteiger partial charge in [0.05, 0.1) is 17.4 Å². The van der Waals surface area contributed by atoms with E-state index in [2.05, 4.69) is 29.1 Å². The molecule has 126 valence electrons. The van der Waals surface area contributed by atoms with Gasteiger partial charge < -0.3 is 25.9 Å². The van der Waals surface area contributed by atoms with E-state index in [1.54, 1.807) is 4.90 Å². The van der Waals surface area contributed by atoms with Crippen molar-refractivity contribution in [3.8, 4) is 0 Å². The van der Waals surface area contributed by atoms with Crippen molar-refractivity contribution in [3.05, 3.63) is 10.1 Å². The summed E-state index contributed by atoms with van der Waals surface area (Å²) < 4.78 is 0. The number of aromatic nitrogens is 2. The molecule has 0 spiro atoms. The third kappa shape index (κ3) is 3.96. The first kappa shape index (κ1) is 16.7. The summed E-state index contributed by atoms with van der Waals surface area (Å²) >= 11 is 0. The summed E-state index contributed by atoms with van der Waals surface area (Å²) in [7, 11) is 0. The second kappa shape index (κ2) is 6.63. The first-order valence-electron chi connectivity index (χ1n) is 7.28. The predicted molar refractivity (Wildman–Crippen MR) is 81.8 cm³/mol. The molecule has 3 N–H and O–H groups in total. The minimum absolute atomic E-state index is 0.0711. The van der Waals surface area contributed by atoms with Crippen LogP contribution < -0.4 is 21.1 Å². The van der Waals surface area contributed by atoms with Gasteiger partial charge in [-0.05, 0) is 18.3 Å². The van der Waals surface area contributed by atoms with Gasteiger partial charge in [-0.1, -0.05) is 13.8 Å². The SMILES string of the molecule is C[C@H]1C[C@H](C)CN(c2nc(NCC(=O)[O-])nc(N)c2[N+](=O)[O-])C1. The van der Waals surface area contributed by atoms with Gasteiger partial charge in [-0.15, -0.1) is 0 Å². The molecule has 2 heterocycles. The molecule has 2 rings (SSSR count). The molecule has 10 heteroatoms. The van der Waals surface area contributed by atoms with Gasteiger partial charge in [0.15, 0.2) is 0 Å². The minimum atomic E-state index is -1.34. The summed E-state index contributed by atoms with van der Waals surface area (Å²) in [5.74, 6) is -0.887. The number of piperidine rings is 1. The summed E-state index contributed by atoms with van der Waals surface area (Å²) in [6, 6.07) is 0. The Hall–Kier alpha value is -2.65. The number of nitrogens with two attached hydrogens (primary N) is 1. The lowest BCUT2D eigenvalue weighted by molar-refractivity contribution is -0.383. The van der Waals surface area contributed by atoms with Gasteiger partial charge in [-0.25, -0.2) is 0 Å². The third-order valence-electron chi connectivity index (χ3n) is 3.63. The zero-order valence-corrected chi connectivity index (χ0v) is 13.0. The van der Waals surface area contributed by atoms with Crippen molar-refractivity contribution in [2.24, 2.45) is 11.8 Å². The lowest BCUT2D eigenvalue weighted by Crippen LogP contribution is -2.40. The maximum absolute atomic E-state index is 11.3. The topological polar surface area (TPSA) is 150 Å². The number of nitrogens with one attached hydrogen (secondary N) is 1. The van der Waals surface area contributed by atoms with E-state index in [-0.39, 0.29) is 23.3 Å². The van der Waals surface area contributed by atoms with Gasteiger partial charge in [0, 0.05) is 13.1 Å². The first-order chi connectivity index (χ1) is 10.8. The number of rotatable bonds is 5. The van der Waals surface area contributed by atoms with Gasteiger partial charge in [0.1, 0.15) is 0 Å². The molecule has 0 bridgehead atoms. The van der Waals surface area contributed by atoms with Gasteiger partial charge in [0.2, 0.25) is 17.6 Å². The molecule has 0 aromatic carbocycles. The minimum Gasteiger partial charge on any atom is -0.548 e. The number of carboxylic acids is 1. The molecule has 0 aliphatic carbocycles. The van der Waals surface area contributed by atoms with Gasteiger partial charge in [-0.3, -0.25) is 10.1 Å². The molecule has 0 amide bonds. The number of hydrogen-bond acceptors (Lipinski definition) is 9. The van der Waals surface area contributed by atoms with Crippen LogP contribution in [0.15, 0.2) is 0 Å². The maximum Gasteiger partial charge on any atom is 0.353 e. The second-order valence-electron chi connectivity index (χ2n) is 5.94. The van der Waals surface area contributed by atoms with E-state index < -0.39 is 17.4 Å². The van der Waals surface area contributed by atoms with Gasteiger partial charge in [-0.2, -0.15) is 9.97 Å². The molecule has 1 aromatic heterocycles. The van der Waals surface area contributed by atoms with Gasteiger partial charge >= 0.3 is 5.69 Å². The molecule has 2 atom stereocenters. The molecular weight excluding hydrogens is 304 g/mol. The lowest BCUT2D eigenvalue weighted by atomic mass is 9.92. The van der Waals surface area contributed by atoms with E-state index in [9.17, 15) is 20.0 Å². The third-order valence-corrected chi connectivity index (χ3v) is 3.63. The molecular formula is C13H19N6O4-. The standard InChI is InChI=1S/C13H20N6O4/c1-7-3-8(2)6-18(5-7)12-10(19(22)23)11(14)16-13(17-12)15-4-9(20)21/h7-8H,3-6H2,1-2H3,(H,20,21)(H3,14,15,16,17)/p-1/t7-,8-/m0/s1. The Kier molecular flexibility index (Phi) is 4.82. The average molecular weight is 323 g/mol. The highest BCUT2D eigenvalue weighted by atomic mass is 16.6. The first-order valence-corrected chi connectivity index (χ1v) is 7.28. The molecule has 0 saturated carbocycles. The fourth-order valence-electron chi connectivity index (χ4n) is 2.92. The Balaban J connectivity index is 2.41. The molecule has 1 aliphatic rings. The van der Waals surface area contributed by atoms with Crippen molar-refractivity contribution in [1.82, 2.24) is 9.97 Å². The molecule has 10 nitrogen and oxygen atoms in total. The number of aliphatic carboxylic acids is 1.